The smallest absolute Gasteiger partial charge is 0.261 e. The average Bonchev–Trinajstić information content (AvgIpc) is 2.70. The van der Waals surface area contributed by atoms with Gasteiger partial charge in [0, 0.05) is 6.54 Å². The molecule has 0 spiro atoms. The predicted octanol–water partition coefficient (Wildman–Crippen LogP) is 2.83. The van der Waals surface area contributed by atoms with Crippen LogP contribution < -0.4 is 5.32 Å². The summed E-state index contributed by atoms with van der Waals surface area (Å²) < 4.78 is 6.23. The zero-order chi connectivity index (χ0) is 11.8. The quantitative estimate of drug-likeness (QED) is 0.621. The monoisotopic (exact) mass is 303 g/mol. The fourth-order valence-electron chi connectivity index (χ4n) is 1.03. The van der Waals surface area contributed by atoms with Crippen molar-refractivity contribution in [2.45, 2.75) is 6.42 Å². The van der Waals surface area contributed by atoms with E-state index in [0.717, 1.165) is 10.2 Å². The van der Waals surface area contributed by atoms with Gasteiger partial charge in [-0.3, -0.25) is 4.79 Å². The summed E-state index contributed by atoms with van der Waals surface area (Å²) in [6.45, 7) is 5.32. The molecule has 0 fully saturated rings. The van der Waals surface area contributed by atoms with Crippen LogP contribution in [0.2, 0.25) is 0 Å². The molecule has 0 aliphatic carbocycles. The molecular formula is C11H14BrNO2S. The number of halogens is 1. The molecule has 0 saturated heterocycles. The molecule has 0 bridgehead atoms. The number of ether oxygens (including phenoxy) is 1. The summed E-state index contributed by atoms with van der Waals surface area (Å²) in [4.78, 5) is 12.3. The highest BCUT2D eigenvalue weighted by molar-refractivity contribution is 9.11. The SMILES string of the molecule is C=CCCOCCNC(=O)c1ccc(Br)s1. The summed E-state index contributed by atoms with van der Waals surface area (Å²) >= 11 is 4.73. The second-order valence-electron chi connectivity index (χ2n) is 3.05. The lowest BCUT2D eigenvalue weighted by molar-refractivity contribution is 0.0922. The van der Waals surface area contributed by atoms with Gasteiger partial charge in [-0.25, -0.2) is 0 Å². The first kappa shape index (κ1) is 13.4. The van der Waals surface area contributed by atoms with Crippen LogP contribution in [-0.4, -0.2) is 25.7 Å². The number of hydrogen-bond acceptors (Lipinski definition) is 3. The van der Waals surface area contributed by atoms with Gasteiger partial charge in [0.15, 0.2) is 0 Å². The van der Waals surface area contributed by atoms with Crippen LogP contribution in [0.25, 0.3) is 0 Å². The molecule has 1 aromatic heterocycles. The number of nitrogens with one attached hydrogen (secondary N) is 1. The fraction of sp³-hybridized carbons (Fsp3) is 0.364. The number of carbonyl (C=O) groups excluding carboxylic acids is 1. The topological polar surface area (TPSA) is 38.3 Å². The van der Waals surface area contributed by atoms with E-state index in [1.807, 2.05) is 12.1 Å². The number of thiophene rings is 1. The summed E-state index contributed by atoms with van der Waals surface area (Å²) in [5.74, 6) is -0.0528. The first-order chi connectivity index (χ1) is 7.74. The average molecular weight is 304 g/mol. The maximum atomic E-state index is 11.6. The van der Waals surface area contributed by atoms with E-state index < -0.39 is 0 Å². The van der Waals surface area contributed by atoms with Crippen LogP contribution in [-0.2, 0) is 4.74 Å². The molecule has 3 nitrogen and oxygen atoms in total. The Morgan fingerprint density at radius 3 is 3.00 bits per heavy atom. The van der Waals surface area contributed by atoms with Gasteiger partial charge in [-0.2, -0.15) is 0 Å². The fourth-order valence-corrected chi connectivity index (χ4v) is 2.33. The Bertz CT molecular complexity index is 352. The molecule has 1 rings (SSSR count). The third-order valence-corrected chi connectivity index (χ3v) is 3.42. The molecule has 0 atom stereocenters. The first-order valence-electron chi connectivity index (χ1n) is 4.96. The molecule has 16 heavy (non-hydrogen) atoms. The van der Waals surface area contributed by atoms with Gasteiger partial charge in [-0.1, -0.05) is 6.08 Å². The molecule has 1 heterocycles. The van der Waals surface area contributed by atoms with Crippen LogP contribution in [0.1, 0.15) is 16.1 Å². The van der Waals surface area contributed by atoms with E-state index in [9.17, 15) is 4.79 Å². The zero-order valence-corrected chi connectivity index (χ0v) is 11.3. The van der Waals surface area contributed by atoms with Gasteiger partial charge in [0.25, 0.3) is 5.91 Å². The van der Waals surface area contributed by atoms with Crippen molar-refractivity contribution >= 4 is 33.2 Å². The van der Waals surface area contributed by atoms with Gasteiger partial charge >= 0.3 is 0 Å². The lowest BCUT2D eigenvalue weighted by Crippen LogP contribution is -2.26. The van der Waals surface area contributed by atoms with Crippen molar-refractivity contribution in [3.05, 3.63) is 33.5 Å². The summed E-state index contributed by atoms with van der Waals surface area (Å²) in [6, 6.07) is 3.66. The third-order valence-electron chi connectivity index (χ3n) is 1.80. The van der Waals surface area contributed by atoms with E-state index in [0.29, 0.717) is 24.6 Å². The van der Waals surface area contributed by atoms with E-state index in [1.54, 1.807) is 6.07 Å². The van der Waals surface area contributed by atoms with Gasteiger partial charge in [0.05, 0.1) is 21.9 Å². The summed E-state index contributed by atoms with van der Waals surface area (Å²) in [7, 11) is 0. The van der Waals surface area contributed by atoms with E-state index in [2.05, 4.69) is 27.8 Å². The number of carbonyl (C=O) groups is 1. The van der Waals surface area contributed by atoms with Crippen molar-refractivity contribution in [2.75, 3.05) is 19.8 Å². The van der Waals surface area contributed by atoms with Crippen molar-refractivity contribution in [3.8, 4) is 0 Å². The molecule has 0 unspecified atom stereocenters. The van der Waals surface area contributed by atoms with Crippen molar-refractivity contribution in [1.82, 2.24) is 5.32 Å². The van der Waals surface area contributed by atoms with E-state index in [-0.39, 0.29) is 5.91 Å². The molecule has 1 N–H and O–H groups in total. The Labute approximate surface area is 108 Å². The van der Waals surface area contributed by atoms with Crippen molar-refractivity contribution in [1.29, 1.82) is 0 Å². The van der Waals surface area contributed by atoms with Gasteiger partial charge in [-0.15, -0.1) is 17.9 Å². The Hall–Kier alpha value is -0.650. The molecule has 1 aromatic rings. The maximum Gasteiger partial charge on any atom is 0.261 e. The standard InChI is InChI=1S/C11H14BrNO2S/c1-2-3-7-15-8-6-13-11(14)9-4-5-10(12)16-9/h2,4-5H,1,3,6-8H2,(H,13,14). The highest BCUT2D eigenvalue weighted by Gasteiger charge is 2.06. The largest absolute Gasteiger partial charge is 0.379 e. The zero-order valence-electron chi connectivity index (χ0n) is 8.87. The summed E-state index contributed by atoms with van der Waals surface area (Å²) in [6.07, 6.45) is 2.65. The molecule has 0 aliphatic heterocycles. The third kappa shape index (κ3) is 4.92. The lowest BCUT2D eigenvalue weighted by Gasteiger charge is -2.04. The van der Waals surface area contributed by atoms with Gasteiger partial charge in [0.2, 0.25) is 0 Å². The Morgan fingerprint density at radius 1 is 1.56 bits per heavy atom. The normalized spacial score (nSPS) is 10.1. The maximum absolute atomic E-state index is 11.6. The minimum atomic E-state index is -0.0528. The second-order valence-corrected chi connectivity index (χ2v) is 5.51. The minimum Gasteiger partial charge on any atom is -0.379 e. The van der Waals surface area contributed by atoms with E-state index in [4.69, 9.17) is 4.74 Å². The number of hydrogen-bond donors (Lipinski definition) is 1. The van der Waals surface area contributed by atoms with Crippen LogP contribution in [0.5, 0.6) is 0 Å². The van der Waals surface area contributed by atoms with Crippen molar-refractivity contribution in [2.24, 2.45) is 0 Å². The van der Waals surface area contributed by atoms with Crippen molar-refractivity contribution in [3.63, 3.8) is 0 Å². The van der Waals surface area contributed by atoms with Crippen LogP contribution >= 0.6 is 27.3 Å². The van der Waals surface area contributed by atoms with Crippen LogP contribution in [0.15, 0.2) is 28.6 Å². The highest BCUT2D eigenvalue weighted by Crippen LogP contribution is 2.21. The molecule has 0 saturated carbocycles. The van der Waals surface area contributed by atoms with Crippen LogP contribution in [0.3, 0.4) is 0 Å². The van der Waals surface area contributed by atoms with E-state index in [1.165, 1.54) is 11.3 Å². The molecule has 1 amide bonds. The molecular weight excluding hydrogens is 290 g/mol. The Balaban J connectivity index is 2.13. The van der Waals surface area contributed by atoms with Crippen molar-refractivity contribution < 1.29 is 9.53 Å². The molecule has 0 aromatic carbocycles. The highest BCUT2D eigenvalue weighted by atomic mass is 79.9. The summed E-state index contributed by atoms with van der Waals surface area (Å²) in [5.41, 5.74) is 0. The molecule has 88 valence electrons. The second kappa shape index (κ2) is 7.60. The lowest BCUT2D eigenvalue weighted by atomic mass is 10.4. The first-order valence-corrected chi connectivity index (χ1v) is 6.57. The van der Waals surface area contributed by atoms with Crippen LogP contribution in [0, 0.1) is 0 Å². The van der Waals surface area contributed by atoms with Gasteiger partial charge < -0.3 is 10.1 Å². The number of amides is 1. The minimum absolute atomic E-state index is 0.0528. The molecule has 5 heteroatoms. The van der Waals surface area contributed by atoms with Crippen LogP contribution in [0.4, 0.5) is 0 Å². The van der Waals surface area contributed by atoms with Gasteiger partial charge in [0.1, 0.15) is 0 Å². The Morgan fingerprint density at radius 2 is 2.38 bits per heavy atom. The summed E-state index contributed by atoms with van der Waals surface area (Å²) in [5, 5.41) is 2.79. The molecule has 0 radical (unpaired) electrons. The predicted molar refractivity (Wildman–Crippen MR) is 70.0 cm³/mol. The van der Waals surface area contributed by atoms with Gasteiger partial charge in [-0.05, 0) is 34.5 Å². The Kier molecular flexibility index (Phi) is 6.37. The van der Waals surface area contributed by atoms with E-state index >= 15 is 0 Å². The molecule has 0 aliphatic rings. The number of rotatable bonds is 7.